The second-order valence-electron chi connectivity index (χ2n) is 4.39. The quantitative estimate of drug-likeness (QED) is 0.638. The van der Waals surface area contributed by atoms with E-state index in [1.54, 1.807) is 0 Å². The van der Waals surface area contributed by atoms with Crippen molar-refractivity contribution < 1.29 is 8.76 Å². The highest BCUT2D eigenvalue weighted by Crippen LogP contribution is 2.57. The smallest absolute Gasteiger partial charge is 0.182 e. The maximum atomic E-state index is 10.9. The van der Waals surface area contributed by atoms with Gasteiger partial charge in [0.1, 0.15) is 0 Å². The predicted octanol–water partition coefficient (Wildman–Crippen LogP) is 2.30. The summed E-state index contributed by atoms with van der Waals surface area (Å²) < 4.78 is 19.9. The third-order valence-corrected chi connectivity index (χ3v) is 4.40. The van der Waals surface area contributed by atoms with Crippen molar-refractivity contribution >= 4 is 11.1 Å². The minimum atomic E-state index is -1.70. The third-order valence-electron chi connectivity index (χ3n) is 3.52. The van der Waals surface area contributed by atoms with Crippen LogP contribution in [0.2, 0.25) is 0 Å². The molecule has 3 rings (SSSR count). The lowest BCUT2D eigenvalue weighted by molar-refractivity contribution is 0.118. The summed E-state index contributed by atoms with van der Waals surface area (Å²) in [5.41, 5.74) is 1.69. The molecule has 3 heteroatoms. The standard InChI is InChI=1S/C9H14O2S/c1-6-3-8(12(10)11)7-4-9(6,2)5-7/h6H,3-5H2,1-2H3,(H,10,11). The van der Waals surface area contributed by atoms with Crippen molar-refractivity contribution in [1.29, 1.82) is 0 Å². The molecule has 3 aliphatic rings. The van der Waals surface area contributed by atoms with E-state index in [2.05, 4.69) is 13.8 Å². The summed E-state index contributed by atoms with van der Waals surface area (Å²) in [6.45, 7) is 4.46. The molecule has 0 saturated heterocycles. The summed E-state index contributed by atoms with van der Waals surface area (Å²) in [7, 11) is 0. The van der Waals surface area contributed by atoms with E-state index in [9.17, 15) is 4.21 Å². The van der Waals surface area contributed by atoms with Crippen molar-refractivity contribution in [2.24, 2.45) is 11.3 Å². The zero-order chi connectivity index (χ0) is 8.93. The Balaban J connectivity index is 2.31. The Morgan fingerprint density at radius 2 is 2.17 bits per heavy atom. The first-order valence-corrected chi connectivity index (χ1v) is 5.45. The van der Waals surface area contributed by atoms with Crippen LogP contribution in [0.25, 0.3) is 0 Å². The third kappa shape index (κ3) is 0.995. The van der Waals surface area contributed by atoms with Gasteiger partial charge in [-0.3, -0.25) is 0 Å². The fraction of sp³-hybridized carbons (Fsp3) is 0.778. The maximum absolute atomic E-state index is 10.9. The molecule has 2 atom stereocenters. The van der Waals surface area contributed by atoms with Crippen molar-refractivity contribution in [3.05, 3.63) is 10.5 Å². The van der Waals surface area contributed by atoms with Gasteiger partial charge >= 0.3 is 0 Å². The van der Waals surface area contributed by atoms with Crippen LogP contribution in [-0.2, 0) is 11.1 Å². The maximum Gasteiger partial charge on any atom is 0.182 e. The van der Waals surface area contributed by atoms with Crippen molar-refractivity contribution in [3.8, 4) is 0 Å². The number of hydrogen-bond acceptors (Lipinski definition) is 1. The van der Waals surface area contributed by atoms with E-state index in [1.165, 1.54) is 5.57 Å². The van der Waals surface area contributed by atoms with Gasteiger partial charge < -0.3 is 4.55 Å². The van der Waals surface area contributed by atoms with Crippen LogP contribution in [0.15, 0.2) is 10.5 Å². The molecule has 0 aliphatic heterocycles. The van der Waals surface area contributed by atoms with Crippen LogP contribution >= 0.6 is 0 Å². The van der Waals surface area contributed by atoms with E-state index in [0.29, 0.717) is 11.3 Å². The van der Waals surface area contributed by atoms with E-state index in [4.69, 9.17) is 4.55 Å². The predicted molar refractivity (Wildman–Crippen MR) is 48.9 cm³/mol. The molecule has 3 aliphatic carbocycles. The first-order valence-electron chi connectivity index (χ1n) is 4.35. The molecule has 68 valence electrons. The van der Waals surface area contributed by atoms with Gasteiger partial charge in [-0.15, -0.1) is 0 Å². The topological polar surface area (TPSA) is 37.3 Å². The van der Waals surface area contributed by atoms with Gasteiger partial charge in [0.2, 0.25) is 0 Å². The minimum Gasteiger partial charge on any atom is -0.302 e. The van der Waals surface area contributed by atoms with Gasteiger partial charge in [0.25, 0.3) is 0 Å². The largest absolute Gasteiger partial charge is 0.302 e. The summed E-state index contributed by atoms with van der Waals surface area (Å²) in [5.74, 6) is 0.570. The summed E-state index contributed by atoms with van der Waals surface area (Å²) in [6, 6.07) is 0. The minimum absolute atomic E-state index is 0.443. The van der Waals surface area contributed by atoms with Crippen LogP contribution < -0.4 is 0 Å². The summed E-state index contributed by atoms with van der Waals surface area (Å²) in [6.07, 6.45) is 2.93. The van der Waals surface area contributed by atoms with Gasteiger partial charge in [-0.25, -0.2) is 4.21 Å². The lowest BCUT2D eigenvalue weighted by Crippen LogP contribution is -2.40. The zero-order valence-electron chi connectivity index (χ0n) is 7.46. The molecule has 2 nitrogen and oxygen atoms in total. The van der Waals surface area contributed by atoms with Crippen molar-refractivity contribution in [2.45, 2.75) is 33.1 Å². The van der Waals surface area contributed by atoms with Gasteiger partial charge in [-0.05, 0) is 30.6 Å². The van der Waals surface area contributed by atoms with E-state index >= 15 is 0 Å². The molecule has 0 heterocycles. The van der Waals surface area contributed by atoms with Crippen LogP contribution in [0.3, 0.4) is 0 Å². The van der Waals surface area contributed by atoms with Gasteiger partial charge in [0.15, 0.2) is 11.1 Å². The number of hydrogen-bond donors (Lipinski definition) is 1. The van der Waals surface area contributed by atoms with E-state index < -0.39 is 11.1 Å². The normalized spacial score (nSPS) is 42.4. The Morgan fingerprint density at radius 1 is 1.58 bits per heavy atom. The highest BCUT2D eigenvalue weighted by atomic mass is 32.2. The summed E-state index contributed by atoms with van der Waals surface area (Å²) >= 11 is -1.70. The highest BCUT2D eigenvalue weighted by molar-refractivity contribution is 7.83. The summed E-state index contributed by atoms with van der Waals surface area (Å²) in [4.78, 5) is 0.811. The first-order chi connectivity index (χ1) is 5.53. The number of allylic oxidation sites excluding steroid dienone is 2. The molecule has 1 fully saturated rings. The van der Waals surface area contributed by atoms with E-state index in [-0.39, 0.29) is 0 Å². The van der Waals surface area contributed by atoms with Crippen LogP contribution in [0, 0.1) is 11.3 Å². The van der Waals surface area contributed by atoms with Crippen LogP contribution in [0.5, 0.6) is 0 Å². The average Bonchev–Trinajstić information content (AvgIpc) is 1.91. The number of fused-ring (bicyclic) bond motifs is 2. The molecule has 0 aromatic heterocycles. The Kier molecular flexibility index (Phi) is 1.70. The van der Waals surface area contributed by atoms with Crippen molar-refractivity contribution in [1.82, 2.24) is 0 Å². The van der Waals surface area contributed by atoms with Crippen LogP contribution in [0.1, 0.15) is 33.1 Å². The Bertz CT molecular complexity index is 272. The molecular formula is C9H14O2S. The first kappa shape index (κ1) is 8.45. The van der Waals surface area contributed by atoms with E-state index in [1.807, 2.05) is 0 Å². The van der Waals surface area contributed by atoms with E-state index in [0.717, 1.165) is 24.2 Å². The lowest BCUT2D eigenvalue weighted by atomic mass is 9.56. The van der Waals surface area contributed by atoms with Gasteiger partial charge in [0, 0.05) is 4.91 Å². The Morgan fingerprint density at radius 3 is 2.58 bits per heavy atom. The molecule has 0 radical (unpaired) electrons. The molecule has 12 heavy (non-hydrogen) atoms. The molecular weight excluding hydrogens is 172 g/mol. The zero-order valence-corrected chi connectivity index (χ0v) is 8.28. The second-order valence-corrected chi connectivity index (χ2v) is 5.38. The van der Waals surface area contributed by atoms with Gasteiger partial charge in [0.05, 0.1) is 0 Å². The molecule has 0 aromatic carbocycles. The molecule has 0 spiro atoms. The average molecular weight is 186 g/mol. The molecule has 0 amide bonds. The second kappa shape index (κ2) is 2.42. The van der Waals surface area contributed by atoms with Crippen LogP contribution in [0.4, 0.5) is 0 Å². The van der Waals surface area contributed by atoms with Gasteiger partial charge in [-0.2, -0.15) is 0 Å². The monoisotopic (exact) mass is 186 g/mol. The molecule has 1 N–H and O–H groups in total. The highest BCUT2D eigenvalue weighted by Gasteiger charge is 2.47. The Labute approximate surface area is 75.3 Å². The molecule has 2 unspecified atom stereocenters. The lowest BCUT2D eigenvalue weighted by Gasteiger charge is -2.51. The molecule has 0 aromatic rings. The molecule has 2 bridgehead atoms. The molecule has 1 saturated carbocycles. The fourth-order valence-corrected chi connectivity index (χ4v) is 3.12. The van der Waals surface area contributed by atoms with Crippen LogP contribution in [-0.4, -0.2) is 8.76 Å². The summed E-state index contributed by atoms with van der Waals surface area (Å²) in [5, 5.41) is 0. The fourth-order valence-electron chi connectivity index (χ4n) is 2.33. The SMILES string of the molecule is CC1CC(S(=O)O)=C2CC1(C)C2. The van der Waals surface area contributed by atoms with Crippen molar-refractivity contribution in [2.75, 3.05) is 0 Å². The Hall–Kier alpha value is -0.150. The van der Waals surface area contributed by atoms with Gasteiger partial charge in [-0.1, -0.05) is 19.4 Å². The number of rotatable bonds is 1. The van der Waals surface area contributed by atoms with Crippen molar-refractivity contribution in [3.63, 3.8) is 0 Å².